The Hall–Kier alpha value is -3.13. The molecule has 0 spiro atoms. The number of para-hydroxylation sites is 1. The molecule has 8 heteroatoms. The summed E-state index contributed by atoms with van der Waals surface area (Å²) in [6.45, 7) is 1.47. The Bertz CT molecular complexity index is 1040. The third kappa shape index (κ3) is 4.77. The number of carbonyl (C=O) groups excluding carboxylic acids is 3. The van der Waals surface area contributed by atoms with Crippen molar-refractivity contribution in [3.8, 4) is 0 Å². The number of rotatable bonds is 6. The average Bonchev–Trinajstić information content (AvgIpc) is 3.11. The number of nitrogens with one attached hydrogen (secondary N) is 1. The van der Waals surface area contributed by atoms with Gasteiger partial charge in [-0.1, -0.05) is 30.0 Å². The van der Waals surface area contributed by atoms with E-state index in [4.69, 9.17) is 4.74 Å². The van der Waals surface area contributed by atoms with Crippen LogP contribution < -0.4 is 5.32 Å². The summed E-state index contributed by atoms with van der Waals surface area (Å²) in [6, 6.07) is 13.0. The second kappa shape index (κ2) is 8.71. The summed E-state index contributed by atoms with van der Waals surface area (Å²) in [7, 11) is 1.69. The number of imide groups is 1. The van der Waals surface area contributed by atoms with Crippen LogP contribution in [-0.2, 0) is 21.4 Å². The van der Waals surface area contributed by atoms with E-state index < -0.39 is 24.4 Å². The van der Waals surface area contributed by atoms with Gasteiger partial charge in [-0.25, -0.2) is 4.98 Å². The summed E-state index contributed by atoms with van der Waals surface area (Å²) >= 11 is 1.24. The molecular formula is C20H19N3O4S. The van der Waals surface area contributed by atoms with Gasteiger partial charge in [-0.15, -0.1) is 0 Å². The van der Waals surface area contributed by atoms with Gasteiger partial charge in [-0.05, 0) is 36.8 Å². The highest BCUT2D eigenvalue weighted by Crippen LogP contribution is 2.23. The molecule has 3 rings (SSSR count). The van der Waals surface area contributed by atoms with Crippen LogP contribution in [0.3, 0.4) is 0 Å². The van der Waals surface area contributed by atoms with Crippen molar-refractivity contribution < 1.29 is 19.1 Å². The van der Waals surface area contributed by atoms with Crippen LogP contribution in [0.15, 0.2) is 53.7 Å². The van der Waals surface area contributed by atoms with Crippen molar-refractivity contribution in [2.45, 2.75) is 11.9 Å². The maximum absolute atomic E-state index is 11.9. The highest BCUT2D eigenvalue weighted by molar-refractivity contribution is 7.99. The Morgan fingerprint density at radius 2 is 1.96 bits per heavy atom. The van der Waals surface area contributed by atoms with E-state index in [1.165, 1.54) is 11.8 Å². The lowest BCUT2D eigenvalue weighted by Crippen LogP contribution is -2.35. The molecule has 28 heavy (non-hydrogen) atoms. The number of carbonyl (C=O) groups is 3. The lowest BCUT2D eigenvalue weighted by atomic mass is 10.1. The van der Waals surface area contributed by atoms with Crippen molar-refractivity contribution in [3.63, 3.8) is 0 Å². The number of amides is 2. The molecule has 0 radical (unpaired) electrons. The third-order valence-corrected chi connectivity index (χ3v) is 4.92. The van der Waals surface area contributed by atoms with E-state index in [-0.39, 0.29) is 5.75 Å². The van der Waals surface area contributed by atoms with Crippen LogP contribution >= 0.6 is 11.8 Å². The zero-order valence-electron chi connectivity index (χ0n) is 15.5. The molecule has 0 atom stereocenters. The van der Waals surface area contributed by atoms with Gasteiger partial charge in [0.05, 0.1) is 16.3 Å². The number of esters is 1. The van der Waals surface area contributed by atoms with Crippen molar-refractivity contribution in [1.82, 2.24) is 14.9 Å². The van der Waals surface area contributed by atoms with Crippen LogP contribution in [0.5, 0.6) is 0 Å². The number of nitrogens with zero attached hydrogens (tertiary/aromatic N) is 2. The van der Waals surface area contributed by atoms with Gasteiger partial charge in [0.1, 0.15) is 5.69 Å². The molecule has 0 bridgehead atoms. The molecule has 1 aromatic carbocycles. The smallest absolute Gasteiger partial charge is 0.316 e. The first kappa shape index (κ1) is 19.6. The molecule has 2 aromatic heterocycles. The lowest BCUT2D eigenvalue weighted by molar-refractivity contribution is -0.145. The van der Waals surface area contributed by atoms with Crippen molar-refractivity contribution in [1.29, 1.82) is 0 Å². The molecule has 3 aromatic rings. The number of fused-ring (bicyclic) bond motifs is 1. The average molecular weight is 397 g/mol. The van der Waals surface area contributed by atoms with E-state index in [0.717, 1.165) is 16.5 Å². The van der Waals surface area contributed by atoms with Gasteiger partial charge in [-0.2, -0.15) is 0 Å². The first-order chi connectivity index (χ1) is 13.4. The highest BCUT2D eigenvalue weighted by atomic mass is 32.2. The molecule has 0 unspecified atom stereocenters. The van der Waals surface area contributed by atoms with Gasteiger partial charge in [0.15, 0.2) is 6.61 Å². The lowest BCUT2D eigenvalue weighted by Gasteiger charge is -2.07. The summed E-state index contributed by atoms with van der Waals surface area (Å²) in [6.07, 6.45) is 1.69. The zero-order valence-corrected chi connectivity index (χ0v) is 16.3. The van der Waals surface area contributed by atoms with Gasteiger partial charge >= 0.3 is 5.97 Å². The van der Waals surface area contributed by atoms with Crippen LogP contribution in [0.25, 0.3) is 10.9 Å². The maximum Gasteiger partial charge on any atom is 0.316 e. The number of aryl methyl sites for hydroxylation is 2. The van der Waals surface area contributed by atoms with Gasteiger partial charge in [0.25, 0.3) is 11.8 Å². The van der Waals surface area contributed by atoms with Crippen molar-refractivity contribution in [2.24, 2.45) is 7.05 Å². The fourth-order valence-corrected chi connectivity index (χ4v) is 3.41. The number of benzene rings is 1. The molecule has 1 N–H and O–H groups in total. The molecule has 144 valence electrons. The van der Waals surface area contributed by atoms with E-state index in [0.29, 0.717) is 10.7 Å². The summed E-state index contributed by atoms with van der Waals surface area (Å²) in [5.41, 5.74) is 2.27. The Morgan fingerprint density at radius 1 is 1.18 bits per heavy atom. The molecule has 0 aliphatic rings. The summed E-state index contributed by atoms with van der Waals surface area (Å²) < 4.78 is 6.52. The van der Waals surface area contributed by atoms with Gasteiger partial charge in [0.2, 0.25) is 0 Å². The minimum absolute atomic E-state index is 0.0177. The van der Waals surface area contributed by atoms with Crippen LogP contribution in [0, 0.1) is 6.92 Å². The zero-order chi connectivity index (χ0) is 20.1. The Kier molecular flexibility index (Phi) is 6.10. The Labute approximate surface area is 166 Å². The molecule has 0 fully saturated rings. The number of ether oxygens (including phenoxy) is 1. The van der Waals surface area contributed by atoms with Crippen molar-refractivity contribution in [2.75, 3.05) is 12.4 Å². The number of aromatic nitrogens is 2. The molecule has 7 nitrogen and oxygen atoms in total. The Balaban J connectivity index is 1.47. The minimum atomic E-state index is -0.677. The fourth-order valence-electron chi connectivity index (χ4n) is 2.64. The molecule has 0 aliphatic heterocycles. The van der Waals surface area contributed by atoms with E-state index in [1.807, 2.05) is 37.3 Å². The molecule has 2 amide bonds. The van der Waals surface area contributed by atoms with Crippen LogP contribution in [0.4, 0.5) is 0 Å². The quantitative estimate of drug-likeness (QED) is 0.508. The second-order valence-corrected chi connectivity index (χ2v) is 7.12. The maximum atomic E-state index is 11.9. The number of pyridine rings is 1. The first-order valence-corrected chi connectivity index (χ1v) is 9.53. The first-order valence-electron chi connectivity index (χ1n) is 8.54. The third-order valence-electron chi connectivity index (χ3n) is 4.03. The van der Waals surface area contributed by atoms with Gasteiger partial charge < -0.3 is 9.30 Å². The van der Waals surface area contributed by atoms with Gasteiger partial charge in [-0.3, -0.25) is 19.7 Å². The monoisotopic (exact) mass is 397 g/mol. The predicted molar refractivity (Wildman–Crippen MR) is 106 cm³/mol. The summed E-state index contributed by atoms with van der Waals surface area (Å²) in [5, 5.41) is 3.95. The summed E-state index contributed by atoms with van der Waals surface area (Å²) in [4.78, 5) is 40.1. The van der Waals surface area contributed by atoms with E-state index >= 15 is 0 Å². The summed E-state index contributed by atoms with van der Waals surface area (Å²) in [5.74, 6) is -1.76. The van der Waals surface area contributed by atoms with E-state index in [1.54, 1.807) is 29.9 Å². The van der Waals surface area contributed by atoms with Crippen LogP contribution in [0.1, 0.15) is 16.1 Å². The largest absolute Gasteiger partial charge is 0.455 e. The number of hydrogen-bond acceptors (Lipinski definition) is 6. The topological polar surface area (TPSA) is 90.3 Å². The van der Waals surface area contributed by atoms with Crippen molar-refractivity contribution >= 4 is 40.4 Å². The molecule has 0 saturated carbocycles. The van der Waals surface area contributed by atoms with Crippen LogP contribution in [0.2, 0.25) is 0 Å². The van der Waals surface area contributed by atoms with Gasteiger partial charge in [0, 0.05) is 18.6 Å². The normalized spacial score (nSPS) is 10.6. The molecule has 0 saturated heterocycles. The van der Waals surface area contributed by atoms with Crippen LogP contribution in [-0.4, -0.2) is 39.7 Å². The fraction of sp³-hybridized carbons (Fsp3) is 0.200. The molecule has 0 aliphatic carbocycles. The number of thioether (sulfide) groups is 1. The molecular weight excluding hydrogens is 378 g/mol. The molecule has 2 heterocycles. The highest BCUT2D eigenvalue weighted by Gasteiger charge is 2.15. The minimum Gasteiger partial charge on any atom is -0.455 e. The number of hydrogen-bond donors (Lipinski definition) is 1. The second-order valence-electron chi connectivity index (χ2n) is 6.13. The predicted octanol–water partition coefficient (Wildman–Crippen LogP) is 2.47. The Morgan fingerprint density at radius 3 is 2.71 bits per heavy atom. The van der Waals surface area contributed by atoms with E-state index in [9.17, 15) is 14.4 Å². The van der Waals surface area contributed by atoms with Crippen molar-refractivity contribution in [3.05, 3.63) is 59.9 Å². The van der Waals surface area contributed by atoms with E-state index in [2.05, 4.69) is 10.3 Å². The standard InChI is InChI=1S/C20H19N3O4S/c1-13-10-18(21-15-7-4-3-6-14(13)15)28-12-19(25)27-11-17(24)22-20(26)16-8-5-9-23(16)2/h3-10H,11-12H2,1-2H3,(H,22,24,26). The SMILES string of the molecule is Cc1cc(SCC(=O)OCC(=O)NC(=O)c2cccn2C)nc2ccccc12.